The molecule has 2 heterocycles. The van der Waals surface area contributed by atoms with Crippen molar-refractivity contribution in [3.05, 3.63) is 94.3 Å². The highest BCUT2D eigenvalue weighted by atomic mass is 32.2. The Bertz CT molecular complexity index is 1630. The summed E-state index contributed by atoms with van der Waals surface area (Å²) in [5.74, 6) is -2.25. The van der Waals surface area contributed by atoms with Crippen LogP contribution in [0.15, 0.2) is 76.7 Å². The molecule has 5 rings (SSSR count). The first-order valence-electron chi connectivity index (χ1n) is 10.4. The number of carbonyl (C=O) groups is 1. The first-order valence-corrected chi connectivity index (χ1v) is 11.4. The van der Waals surface area contributed by atoms with Gasteiger partial charge in [0.15, 0.2) is 5.16 Å². The summed E-state index contributed by atoms with van der Waals surface area (Å²) in [7, 11) is 0. The molecule has 6 nitrogen and oxygen atoms in total. The summed E-state index contributed by atoms with van der Waals surface area (Å²) in [6.45, 7) is 1.88. The van der Waals surface area contributed by atoms with Crippen molar-refractivity contribution in [1.29, 1.82) is 0 Å². The van der Waals surface area contributed by atoms with Crippen molar-refractivity contribution in [2.75, 3.05) is 11.1 Å². The summed E-state index contributed by atoms with van der Waals surface area (Å²) < 4.78 is 28.5. The zero-order valence-electron chi connectivity index (χ0n) is 17.9. The van der Waals surface area contributed by atoms with Crippen molar-refractivity contribution in [3.63, 3.8) is 0 Å². The van der Waals surface area contributed by atoms with Gasteiger partial charge in [-0.15, -0.1) is 0 Å². The van der Waals surface area contributed by atoms with E-state index in [9.17, 15) is 18.4 Å². The molecule has 0 aliphatic carbocycles. The molecular weight excluding hydrogens is 458 g/mol. The van der Waals surface area contributed by atoms with Gasteiger partial charge in [-0.25, -0.2) is 13.8 Å². The molecular formula is C25H18F2N4O2S. The summed E-state index contributed by atoms with van der Waals surface area (Å²) >= 11 is 1.06. The Morgan fingerprint density at radius 3 is 2.65 bits per heavy atom. The number of anilines is 1. The quantitative estimate of drug-likeness (QED) is 0.270. The fourth-order valence-electron chi connectivity index (χ4n) is 3.77. The smallest absolute Gasteiger partial charge is 0.283 e. The van der Waals surface area contributed by atoms with E-state index < -0.39 is 17.5 Å². The normalized spacial score (nSPS) is 11.3. The van der Waals surface area contributed by atoms with Crippen LogP contribution in [0.5, 0.6) is 0 Å². The molecule has 2 aromatic heterocycles. The predicted molar refractivity (Wildman–Crippen MR) is 130 cm³/mol. The highest BCUT2D eigenvalue weighted by Crippen LogP contribution is 2.27. The molecule has 5 aromatic rings. The lowest BCUT2D eigenvalue weighted by Crippen LogP contribution is -2.23. The number of amides is 1. The number of H-pyrrole nitrogens is 1. The molecule has 0 saturated carbocycles. The number of rotatable bonds is 5. The van der Waals surface area contributed by atoms with Gasteiger partial charge in [-0.05, 0) is 36.8 Å². The maximum absolute atomic E-state index is 13.9. The monoisotopic (exact) mass is 476 g/mol. The van der Waals surface area contributed by atoms with Gasteiger partial charge < -0.3 is 10.3 Å². The van der Waals surface area contributed by atoms with Gasteiger partial charge in [0, 0.05) is 17.0 Å². The molecule has 0 atom stereocenters. The molecule has 9 heteroatoms. The molecule has 2 N–H and O–H groups in total. The molecule has 1 amide bonds. The Morgan fingerprint density at radius 1 is 1.09 bits per heavy atom. The van der Waals surface area contributed by atoms with Gasteiger partial charge in [0.25, 0.3) is 5.56 Å². The highest BCUT2D eigenvalue weighted by molar-refractivity contribution is 7.99. The number of nitrogens with zero attached hydrogens (tertiary/aromatic N) is 2. The Hall–Kier alpha value is -3.98. The predicted octanol–water partition coefficient (Wildman–Crippen LogP) is 5.18. The van der Waals surface area contributed by atoms with Crippen molar-refractivity contribution in [1.82, 2.24) is 14.5 Å². The number of aromatic nitrogens is 3. The summed E-state index contributed by atoms with van der Waals surface area (Å²) in [6, 6.07) is 17.8. The zero-order chi connectivity index (χ0) is 23.8. The van der Waals surface area contributed by atoms with Gasteiger partial charge in [0.2, 0.25) is 5.91 Å². The highest BCUT2D eigenvalue weighted by Gasteiger charge is 2.19. The standard InChI is InChI=1S/C25H18F2N4O2S/c1-14-6-2-5-9-20(14)31-24(33)23-22(16-7-3-4-8-18(16)29-23)30-25(31)34-13-21(32)28-19-11-10-15(26)12-17(19)27/h2-12,29H,13H2,1H3,(H,28,32). The molecule has 0 bridgehead atoms. The van der Waals surface area contributed by atoms with Gasteiger partial charge in [-0.3, -0.25) is 14.2 Å². The molecule has 0 aliphatic rings. The zero-order valence-corrected chi connectivity index (χ0v) is 18.7. The average Bonchev–Trinajstić information content (AvgIpc) is 3.19. The van der Waals surface area contributed by atoms with E-state index in [0.717, 1.165) is 40.4 Å². The van der Waals surface area contributed by atoms with Crippen LogP contribution in [0, 0.1) is 18.6 Å². The minimum absolute atomic E-state index is 0.122. The van der Waals surface area contributed by atoms with Crippen molar-refractivity contribution in [3.8, 4) is 5.69 Å². The number of fused-ring (bicyclic) bond motifs is 3. The number of para-hydroxylation sites is 2. The van der Waals surface area contributed by atoms with Crippen LogP contribution in [0.3, 0.4) is 0 Å². The van der Waals surface area contributed by atoms with E-state index in [4.69, 9.17) is 4.98 Å². The second-order valence-electron chi connectivity index (χ2n) is 7.68. The van der Waals surface area contributed by atoms with E-state index in [1.165, 1.54) is 4.57 Å². The van der Waals surface area contributed by atoms with E-state index in [-0.39, 0.29) is 17.0 Å². The Balaban J connectivity index is 1.56. The average molecular weight is 477 g/mol. The largest absolute Gasteiger partial charge is 0.349 e. The molecule has 0 aliphatic heterocycles. The lowest BCUT2D eigenvalue weighted by atomic mass is 10.2. The molecule has 170 valence electrons. The SMILES string of the molecule is Cc1ccccc1-n1c(SCC(=O)Nc2ccc(F)cc2F)nc2c([nH]c3ccccc32)c1=O. The maximum Gasteiger partial charge on any atom is 0.283 e. The van der Waals surface area contributed by atoms with Gasteiger partial charge in [-0.2, -0.15) is 0 Å². The molecule has 0 saturated heterocycles. The first kappa shape index (κ1) is 21.8. The maximum atomic E-state index is 13.9. The molecule has 34 heavy (non-hydrogen) atoms. The van der Waals surface area contributed by atoms with Crippen molar-refractivity contribution < 1.29 is 13.6 Å². The van der Waals surface area contributed by atoms with Crippen LogP contribution in [-0.2, 0) is 4.79 Å². The fraction of sp³-hybridized carbons (Fsp3) is 0.0800. The molecule has 3 aromatic carbocycles. The Labute approximate surface area is 196 Å². The lowest BCUT2D eigenvalue weighted by Gasteiger charge is -2.14. The number of aromatic amines is 1. The van der Waals surface area contributed by atoms with Crippen LogP contribution in [0.4, 0.5) is 14.5 Å². The Morgan fingerprint density at radius 2 is 1.85 bits per heavy atom. The van der Waals surface area contributed by atoms with Crippen molar-refractivity contribution in [2.45, 2.75) is 12.1 Å². The van der Waals surface area contributed by atoms with E-state index >= 15 is 0 Å². The fourth-order valence-corrected chi connectivity index (χ4v) is 4.57. The second-order valence-corrected chi connectivity index (χ2v) is 8.62. The second kappa shape index (κ2) is 8.75. The first-order chi connectivity index (χ1) is 16.4. The number of halogens is 2. The summed E-state index contributed by atoms with van der Waals surface area (Å²) in [6.07, 6.45) is 0. The van der Waals surface area contributed by atoms with Crippen molar-refractivity contribution in [2.24, 2.45) is 0 Å². The third-order valence-corrected chi connectivity index (χ3v) is 6.33. The Kier molecular flexibility index (Phi) is 5.62. The van der Waals surface area contributed by atoms with E-state index in [0.29, 0.717) is 27.9 Å². The van der Waals surface area contributed by atoms with Gasteiger partial charge in [0.1, 0.15) is 22.7 Å². The van der Waals surface area contributed by atoms with E-state index in [2.05, 4.69) is 10.3 Å². The third kappa shape index (κ3) is 3.94. The molecule has 0 spiro atoms. The van der Waals surface area contributed by atoms with E-state index in [1.54, 1.807) is 0 Å². The minimum Gasteiger partial charge on any atom is -0.349 e. The minimum atomic E-state index is -0.867. The molecule has 0 radical (unpaired) electrons. The summed E-state index contributed by atoms with van der Waals surface area (Å²) in [5.41, 5.74) is 2.76. The number of hydrogen-bond donors (Lipinski definition) is 2. The number of carbonyl (C=O) groups excluding carboxylic acids is 1. The van der Waals surface area contributed by atoms with Crippen LogP contribution in [0.25, 0.3) is 27.6 Å². The van der Waals surface area contributed by atoms with Gasteiger partial charge in [-0.1, -0.05) is 48.2 Å². The third-order valence-electron chi connectivity index (χ3n) is 5.39. The molecule has 0 unspecified atom stereocenters. The van der Waals surface area contributed by atoms with Crippen molar-refractivity contribution >= 4 is 45.3 Å². The van der Waals surface area contributed by atoms with E-state index in [1.807, 2.05) is 55.5 Å². The van der Waals surface area contributed by atoms with Crippen LogP contribution < -0.4 is 10.9 Å². The number of aryl methyl sites for hydroxylation is 1. The number of nitrogens with one attached hydrogen (secondary N) is 2. The summed E-state index contributed by atoms with van der Waals surface area (Å²) in [5, 5.41) is 3.55. The summed E-state index contributed by atoms with van der Waals surface area (Å²) in [4.78, 5) is 34.0. The van der Waals surface area contributed by atoms with Crippen LogP contribution in [0.2, 0.25) is 0 Å². The van der Waals surface area contributed by atoms with Crippen LogP contribution in [0.1, 0.15) is 5.56 Å². The number of hydrogen-bond acceptors (Lipinski definition) is 4. The lowest BCUT2D eigenvalue weighted by molar-refractivity contribution is -0.113. The number of thioether (sulfide) groups is 1. The van der Waals surface area contributed by atoms with Crippen LogP contribution >= 0.6 is 11.8 Å². The number of benzene rings is 3. The topological polar surface area (TPSA) is 79.8 Å². The molecule has 0 fully saturated rings. The van der Waals surface area contributed by atoms with Crippen LogP contribution in [-0.4, -0.2) is 26.2 Å². The van der Waals surface area contributed by atoms with Gasteiger partial charge >= 0.3 is 0 Å². The van der Waals surface area contributed by atoms with Gasteiger partial charge in [0.05, 0.1) is 17.1 Å².